The Hall–Kier alpha value is -1.26. The third kappa shape index (κ3) is 5.24. The van der Waals surface area contributed by atoms with Gasteiger partial charge in [-0.3, -0.25) is 15.2 Å². The summed E-state index contributed by atoms with van der Waals surface area (Å²) < 4.78 is 6.55. The summed E-state index contributed by atoms with van der Waals surface area (Å²) >= 11 is 0. The van der Waals surface area contributed by atoms with E-state index in [0.717, 1.165) is 25.6 Å². The summed E-state index contributed by atoms with van der Waals surface area (Å²) in [7, 11) is 1.40. The lowest BCUT2D eigenvalue weighted by molar-refractivity contribution is -0.518. The maximum Gasteiger partial charge on any atom is 0.346 e. The number of ether oxygens (including phenoxy) is 1. The molecule has 88 valence electrons. The molecule has 0 aliphatic rings. The van der Waals surface area contributed by atoms with Crippen molar-refractivity contribution >= 4 is 11.9 Å². The largest absolute Gasteiger partial charge is 0.467 e. The first-order chi connectivity index (χ1) is 7.19. The maximum absolute atomic E-state index is 11.2. The Morgan fingerprint density at radius 1 is 1.20 bits per heavy atom. The lowest BCUT2D eigenvalue weighted by Gasteiger charge is -2.11. The summed E-state index contributed by atoms with van der Waals surface area (Å²) in [4.78, 5) is 11.2. The van der Waals surface area contributed by atoms with E-state index in [-0.39, 0.29) is 12.5 Å². The molecular weight excluding hydrogens is 194 g/mol. The van der Waals surface area contributed by atoms with Crippen molar-refractivity contribution in [2.75, 3.05) is 33.3 Å². The molecule has 0 aliphatic heterocycles. The quantitative estimate of drug-likeness (QED) is 0.288. The van der Waals surface area contributed by atoms with E-state index in [0.29, 0.717) is 0 Å². The molecule has 0 unspecified atom stereocenters. The van der Waals surface area contributed by atoms with Gasteiger partial charge in [0.1, 0.15) is 0 Å². The van der Waals surface area contributed by atoms with Gasteiger partial charge in [0.2, 0.25) is 0 Å². The van der Waals surface area contributed by atoms with E-state index in [4.69, 9.17) is 0 Å². The maximum atomic E-state index is 11.2. The fourth-order valence-electron chi connectivity index (χ4n) is 1.19. The highest BCUT2D eigenvalue weighted by Crippen LogP contribution is 1.81. The molecule has 0 aliphatic carbocycles. The number of methoxy groups -OCH3 is 1. The van der Waals surface area contributed by atoms with E-state index in [9.17, 15) is 4.79 Å². The molecule has 5 nitrogen and oxygen atoms in total. The molecule has 0 radical (unpaired) electrons. The lowest BCUT2D eigenvalue weighted by atomic mass is 10.5. The fourth-order valence-corrected chi connectivity index (χ4v) is 1.19. The SMILES string of the molecule is CCNC(NCC)=[N+](CC)CC(=O)OC. The normalized spacial score (nSPS) is 9.33. The van der Waals surface area contributed by atoms with Gasteiger partial charge in [0.05, 0.1) is 26.7 Å². The summed E-state index contributed by atoms with van der Waals surface area (Å²) in [5.74, 6) is 0.651. The molecule has 0 heterocycles. The highest BCUT2D eigenvalue weighted by atomic mass is 16.5. The molecule has 0 aromatic heterocycles. The van der Waals surface area contributed by atoms with E-state index in [1.807, 2.05) is 25.3 Å². The van der Waals surface area contributed by atoms with Crippen LogP contribution >= 0.6 is 0 Å². The minimum absolute atomic E-state index is 0.231. The molecule has 0 saturated carbocycles. The molecule has 0 amide bonds. The Bertz CT molecular complexity index is 219. The van der Waals surface area contributed by atoms with Crippen molar-refractivity contribution in [2.45, 2.75) is 20.8 Å². The van der Waals surface area contributed by atoms with Crippen LogP contribution in [0.5, 0.6) is 0 Å². The molecule has 0 saturated heterocycles. The van der Waals surface area contributed by atoms with Gasteiger partial charge in [-0.2, -0.15) is 0 Å². The number of rotatable bonds is 5. The van der Waals surface area contributed by atoms with Crippen LogP contribution in [0.25, 0.3) is 0 Å². The van der Waals surface area contributed by atoms with Crippen LogP contribution in [0.2, 0.25) is 0 Å². The highest BCUT2D eigenvalue weighted by molar-refractivity contribution is 5.77. The van der Waals surface area contributed by atoms with Gasteiger partial charge in [-0.05, 0) is 20.8 Å². The second kappa shape index (κ2) is 8.08. The summed E-state index contributed by atoms with van der Waals surface area (Å²) in [6.45, 7) is 8.69. The van der Waals surface area contributed by atoms with Gasteiger partial charge in [0.15, 0.2) is 6.54 Å². The third-order valence-corrected chi connectivity index (χ3v) is 1.93. The van der Waals surface area contributed by atoms with E-state index in [1.165, 1.54) is 7.11 Å². The van der Waals surface area contributed by atoms with Gasteiger partial charge in [0.25, 0.3) is 0 Å². The number of esters is 1. The predicted octanol–water partition coefficient (Wildman–Crippen LogP) is -0.233. The van der Waals surface area contributed by atoms with Crippen molar-refractivity contribution < 1.29 is 14.1 Å². The summed E-state index contributed by atoms with van der Waals surface area (Å²) in [6, 6.07) is 0. The zero-order valence-corrected chi connectivity index (χ0v) is 10.1. The molecule has 0 atom stereocenters. The van der Waals surface area contributed by atoms with E-state index >= 15 is 0 Å². The van der Waals surface area contributed by atoms with Crippen LogP contribution < -0.4 is 10.6 Å². The molecule has 0 bridgehead atoms. The second-order valence-electron chi connectivity index (χ2n) is 3.00. The average Bonchev–Trinajstić information content (AvgIpc) is 2.25. The topological polar surface area (TPSA) is 53.4 Å². The molecule has 0 rings (SSSR count). The molecule has 15 heavy (non-hydrogen) atoms. The van der Waals surface area contributed by atoms with Crippen LogP contribution in [0.4, 0.5) is 0 Å². The van der Waals surface area contributed by atoms with Crippen LogP contribution in [0.1, 0.15) is 20.8 Å². The molecule has 0 spiro atoms. The first-order valence-electron chi connectivity index (χ1n) is 5.35. The highest BCUT2D eigenvalue weighted by Gasteiger charge is 2.13. The van der Waals surface area contributed by atoms with Gasteiger partial charge in [-0.25, -0.2) is 4.79 Å². The number of nitrogens with zero attached hydrogens (tertiary/aromatic N) is 1. The smallest absolute Gasteiger partial charge is 0.346 e. The van der Waals surface area contributed by atoms with E-state index < -0.39 is 0 Å². The van der Waals surface area contributed by atoms with Crippen LogP contribution in [0.3, 0.4) is 0 Å². The molecular formula is C10H22N3O2+. The Kier molecular flexibility index (Phi) is 7.40. The number of carbonyl (C=O) groups excluding carboxylic acids is 1. The fraction of sp³-hybridized carbons (Fsp3) is 0.800. The van der Waals surface area contributed by atoms with Crippen LogP contribution in [0, 0.1) is 0 Å². The predicted molar refractivity (Wildman–Crippen MR) is 60.0 cm³/mol. The van der Waals surface area contributed by atoms with Crippen molar-refractivity contribution in [3.63, 3.8) is 0 Å². The van der Waals surface area contributed by atoms with Gasteiger partial charge in [0, 0.05) is 0 Å². The molecule has 2 N–H and O–H groups in total. The minimum atomic E-state index is -0.231. The molecule has 0 aromatic carbocycles. The molecule has 0 aromatic rings. The van der Waals surface area contributed by atoms with Crippen LogP contribution in [-0.2, 0) is 9.53 Å². The summed E-state index contributed by atoms with van der Waals surface area (Å²) in [5.41, 5.74) is 0. The van der Waals surface area contributed by atoms with Crippen molar-refractivity contribution in [1.82, 2.24) is 10.6 Å². The zero-order chi connectivity index (χ0) is 11.7. The van der Waals surface area contributed by atoms with Gasteiger partial charge in [-0.1, -0.05) is 0 Å². The first-order valence-corrected chi connectivity index (χ1v) is 5.35. The second-order valence-corrected chi connectivity index (χ2v) is 3.00. The number of carbonyl (C=O) groups is 1. The van der Waals surface area contributed by atoms with Gasteiger partial charge < -0.3 is 4.74 Å². The third-order valence-electron chi connectivity index (χ3n) is 1.93. The number of hydrogen-bond acceptors (Lipinski definition) is 2. The minimum Gasteiger partial charge on any atom is -0.467 e. The number of hydrogen-bond donors (Lipinski definition) is 2. The van der Waals surface area contributed by atoms with E-state index in [1.54, 1.807) is 0 Å². The van der Waals surface area contributed by atoms with Gasteiger partial charge in [-0.15, -0.1) is 0 Å². The Morgan fingerprint density at radius 2 is 1.73 bits per heavy atom. The Labute approximate surface area is 91.5 Å². The standard InChI is InChI=1S/C10H21N3O2/c1-5-11-10(12-6-2)13(7-3)8-9(14)15-4/h5-8H2,1-4H3,(H,11,12)/p+1. The molecule has 0 fully saturated rings. The number of nitrogens with one attached hydrogen (secondary N) is 2. The zero-order valence-electron chi connectivity index (χ0n) is 10.1. The van der Waals surface area contributed by atoms with Crippen molar-refractivity contribution in [3.05, 3.63) is 0 Å². The van der Waals surface area contributed by atoms with Crippen molar-refractivity contribution in [3.8, 4) is 0 Å². The number of guanidine groups is 1. The summed E-state index contributed by atoms with van der Waals surface area (Å²) in [6.07, 6.45) is 0. The van der Waals surface area contributed by atoms with Gasteiger partial charge >= 0.3 is 11.9 Å². The average molecular weight is 216 g/mol. The van der Waals surface area contributed by atoms with Crippen LogP contribution in [-0.4, -0.2) is 49.8 Å². The summed E-state index contributed by atoms with van der Waals surface area (Å²) in [5, 5.41) is 6.38. The first kappa shape index (κ1) is 13.7. The number of likely N-dealkylation sites (N-methyl/N-ethyl adjacent to an activating group) is 1. The van der Waals surface area contributed by atoms with E-state index in [2.05, 4.69) is 15.4 Å². The van der Waals surface area contributed by atoms with Crippen LogP contribution in [0.15, 0.2) is 0 Å². The molecule has 5 heteroatoms. The monoisotopic (exact) mass is 216 g/mol. The van der Waals surface area contributed by atoms with Crippen molar-refractivity contribution in [1.29, 1.82) is 0 Å². The Morgan fingerprint density at radius 3 is 2.07 bits per heavy atom. The Balaban J connectivity index is 4.61. The lowest BCUT2D eigenvalue weighted by Crippen LogP contribution is -2.46. The van der Waals surface area contributed by atoms with Crippen molar-refractivity contribution in [2.24, 2.45) is 0 Å².